The van der Waals surface area contributed by atoms with E-state index in [1.807, 2.05) is 0 Å². The summed E-state index contributed by atoms with van der Waals surface area (Å²) in [7, 11) is -2.85. The molecule has 0 amide bonds. The van der Waals surface area contributed by atoms with Crippen molar-refractivity contribution in [2.24, 2.45) is 0 Å². The van der Waals surface area contributed by atoms with Gasteiger partial charge in [0.25, 0.3) is 0 Å². The molecular weight excluding hydrogens is 258 g/mol. The SMILES string of the molecule is Nc1cccc(B(O)O)c1.Nc1cccc(B(O)O)c1. The average molecular weight is 274 g/mol. The molecule has 2 aromatic rings. The molecule has 104 valence electrons. The molecule has 0 bridgehead atoms. The van der Waals surface area contributed by atoms with Gasteiger partial charge in [-0.25, -0.2) is 0 Å². The Balaban J connectivity index is 0.000000200. The highest BCUT2D eigenvalue weighted by Gasteiger charge is 2.09. The first kappa shape index (κ1) is 16.1. The number of anilines is 2. The third-order valence-corrected chi connectivity index (χ3v) is 2.42. The first-order valence-electron chi connectivity index (χ1n) is 5.83. The second-order valence-corrected chi connectivity index (χ2v) is 4.09. The second-order valence-electron chi connectivity index (χ2n) is 4.09. The number of rotatable bonds is 2. The highest BCUT2D eigenvalue weighted by atomic mass is 16.4. The van der Waals surface area contributed by atoms with Crippen LogP contribution in [0.2, 0.25) is 0 Å². The molecule has 0 radical (unpaired) electrons. The molecule has 0 atom stereocenters. The van der Waals surface area contributed by atoms with Gasteiger partial charge in [-0.1, -0.05) is 24.3 Å². The Labute approximate surface area is 117 Å². The zero-order chi connectivity index (χ0) is 15.1. The number of hydrogen-bond acceptors (Lipinski definition) is 6. The van der Waals surface area contributed by atoms with Crippen LogP contribution < -0.4 is 22.4 Å². The lowest BCUT2D eigenvalue weighted by molar-refractivity contribution is 0.424. The lowest BCUT2D eigenvalue weighted by atomic mass is 9.80. The van der Waals surface area contributed by atoms with Crippen LogP contribution >= 0.6 is 0 Å². The Morgan fingerprint density at radius 1 is 0.650 bits per heavy atom. The average Bonchev–Trinajstić information content (AvgIpc) is 2.39. The minimum atomic E-state index is -1.43. The van der Waals surface area contributed by atoms with E-state index in [0.717, 1.165) is 0 Å². The molecule has 0 spiro atoms. The van der Waals surface area contributed by atoms with Gasteiger partial charge in [-0.2, -0.15) is 0 Å². The molecule has 8 N–H and O–H groups in total. The first-order valence-corrected chi connectivity index (χ1v) is 5.83. The van der Waals surface area contributed by atoms with Crippen LogP contribution in [0.3, 0.4) is 0 Å². The monoisotopic (exact) mass is 274 g/mol. The fourth-order valence-electron chi connectivity index (χ4n) is 1.44. The number of hydrogen-bond donors (Lipinski definition) is 6. The van der Waals surface area contributed by atoms with Gasteiger partial charge in [0.1, 0.15) is 0 Å². The molecule has 0 aliphatic rings. The molecule has 0 aromatic heterocycles. The minimum Gasteiger partial charge on any atom is -0.423 e. The predicted molar refractivity (Wildman–Crippen MR) is 81.4 cm³/mol. The van der Waals surface area contributed by atoms with Gasteiger partial charge in [-0.15, -0.1) is 0 Å². The van der Waals surface area contributed by atoms with Gasteiger partial charge in [0.2, 0.25) is 0 Å². The predicted octanol–water partition coefficient (Wildman–Crippen LogP) is -2.10. The van der Waals surface area contributed by atoms with Crippen LogP contribution in [-0.4, -0.2) is 34.3 Å². The molecule has 2 aromatic carbocycles. The fraction of sp³-hybridized carbons (Fsp3) is 0. The summed E-state index contributed by atoms with van der Waals surface area (Å²) in [6, 6.07) is 12.9. The zero-order valence-electron chi connectivity index (χ0n) is 10.7. The third-order valence-electron chi connectivity index (χ3n) is 2.42. The molecule has 8 heteroatoms. The molecule has 20 heavy (non-hydrogen) atoms. The first-order chi connectivity index (χ1) is 9.40. The van der Waals surface area contributed by atoms with Crippen LogP contribution in [-0.2, 0) is 0 Å². The van der Waals surface area contributed by atoms with Gasteiger partial charge in [0.05, 0.1) is 0 Å². The Kier molecular flexibility index (Phi) is 6.08. The molecule has 0 aliphatic carbocycles. The van der Waals surface area contributed by atoms with E-state index in [9.17, 15) is 0 Å². The quantitative estimate of drug-likeness (QED) is 0.274. The largest absolute Gasteiger partial charge is 0.488 e. The van der Waals surface area contributed by atoms with Crippen molar-refractivity contribution in [2.45, 2.75) is 0 Å². The highest BCUT2D eigenvalue weighted by Crippen LogP contribution is 1.96. The topological polar surface area (TPSA) is 133 Å². The van der Waals surface area contributed by atoms with Crippen molar-refractivity contribution in [2.75, 3.05) is 11.5 Å². The van der Waals surface area contributed by atoms with Crippen LogP contribution in [0.25, 0.3) is 0 Å². The Bertz CT molecular complexity index is 503. The van der Waals surface area contributed by atoms with Crippen molar-refractivity contribution >= 4 is 36.5 Å². The molecular formula is C12H16B2N2O4. The normalized spacial score (nSPS) is 9.40. The van der Waals surface area contributed by atoms with Crippen LogP contribution in [0.5, 0.6) is 0 Å². The van der Waals surface area contributed by atoms with E-state index >= 15 is 0 Å². The summed E-state index contributed by atoms with van der Waals surface area (Å²) in [6.45, 7) is 0. The summed E-state index contributed by atoms with van der Waals surface area (Å²) in [6.07, 6.45) is 0. The third kappa shape index (κ3) is 5.33. The van der Waals surface area contributed by atoms with E-state index in [0.29, 0.717) is 22.3 Å². The lowest BCUT2D eigenvalue weighted by Crippen LogP contribution is -2.29. The van der Waals surface area contributed by atoms with Crippen LogP contribution in [0.4, 0.5) is 11.4 Å². The Morgan fingerprint density at radius 2 is 1.00 bits per heavy atom. The Hall–Kier alpha value is -1.99. The molecule has 0 aliphatic heterocycles. The Morgan fingerprint density at radius 3 is 1.20 bits per heavy atom. The number of benzene rings is 2. The molecule has 0 fully saturated rings. The van der Waals surface area contributed by atoms with Crippen molar-refractivity contribution in [3.05, 3.63) is 48.5 Å². The van der Waals surface area contributed by atoms with E-state index in [1.54, 1.807) is 36.4 Å². The van der Waals surface area contributed by atoms with E-state index in [1.165, 1.54) is 12.1 Å². The highest BCUT2D eigenvalue weighted by molar-refractivity contribution is 6.59. The van der Waals surface area contributed by atoms with Gasteiger partial charge in [-0.3, -0.25) is 0 Å². The van der Waals surface area contributed by atoms with E-state index in [-0.39, 0.29) is 0 Å². The lowest BCUT2D eigenvalue weighted by Gasteiger charge is -1.98. The fourth-order valence-corrected chi connectivity index (χ4v) is 1.44. The second kappa shape index (κ2) is 7.56. The van der Waals surface area contributed by atoms with Gasteiger partial charge >= 0.3 is 14.2 Å². The van der Waals surface area contributed by atoms with Gasteiger partial charge in [0.15, 0.2) is 0 Å². The van der Waals surface area contributed by atoms with E-state index in [2.05, 4.69) is 0 Å². The zero-order valence-corrected chi connectivity index (χ0v) is 10.7. The summed E-state index contributed by atoms with van der Waals surface area (Å²) in [5.74, 6) is 0. The standard InChI is InChI=1S/2C6H8BNO2/c2*8-6-3-1-2-5(4-6)7(9)10/h2*1-4,9-10H,8H2. The van der Waals surface area contributed by atoms with Crippen LogP contribution in [0, 0.1) is 0 Å². The van der Waals surface area contributed by atoms with Gasteiger partial charge in [0, 0.05) is 11.4 Å². The summed E-state index contributed by atoms with van der Waals surface area (Å²) in [5.41, 5.74) is 12.6. The van der Waals surface area contributed by atoms with Crippen molar-refractivity contribution in [1.82, 2.24) is 0 Å². The van der Waals surface area contributed by atoms with Gasteiger partial charge in [-0.05, 0) is 35.2 Å². The van der Waals surface area contributed by atoms with Crippen molar-refractivity contribution in [1.29, 1.82) is 0 Å². The maximum absolute atomic E-state index is 8.65. The summed E-state index contributed by atoms with van der Waals surface area (Å²) in [4.78, 5) is 0. The molecule has 6 nitrogen and oxygen atoms in total. The summed E-state index contributed by atoms with van der Waals surface area (Å²) < 4.78 is 0. The minimum absolute atomic E-state index is 0.417. The van der Waals surface area contributed by atoms with E-state index < -0.39 is 14.2 Å². The van der Waals surface area contributed by atoms with Gasteiger partial charge < -0.3 is 31.6 Å². The van der Waals surface area contributed by atoms with Crippen molar-refractivity contribution < 1.29 is 20.1 Å². The summed E-state index contributed by atoms with van der Waals surface area (Å²) in [5, 5.41) is 34.6. The maximum Gasteiger partial charge on any atom is 0.488 e. The smallest absolute Gasteiger partial charge is 0.423 e. The van der Waals surface area contributed by atoms with Crippen molar-refractivity contribution in [3.63, 3.8) is 0 Å². The van der Waals surface area contributed by atoms with Crippen molar-refractivity contribution in [3.8, 4) is 0 Å². The molecule has 2 rings (SSSR count). The van der Waals surface area contributed by atoms with Crippen LogP contribution in [0.1, 0.15) is 0 Å². The number of nitrogen functional groups attached to an aromatic ring is 2. The molecule has 0 heterocycles. The van der Waals surface area contributed by atoms with E-state index in [4.69, 9.17) is 31.6 Å². The van der Waals surface area contributed by atoms with Crippen LogP contribution in [0.15, 0.2) is 48.5 Å². The molecule has 0 saturated heterocycles. The molecule has 0 unspecified atom stereocenters. The number of nitrogens with two attached hydrogens (primary N) is 2. The summed E-state index contributed by atoms with van der Waals surface area (Å²) >= 11 is 0. The maximum atomic E-state index is 8.65. The molecule has 0 saturated carbocycles.